The minimum atomic E-state index is -1.12. The molecule has 0 saturated heterocycles. The van der Waals surface area contributed by atoms with Gasteiger partial charge in [-0.2, -0.15) is 0 Å². The van der Waals surface area contributed by atoms with Crippen molar-refractivity contribution in [1.29, 1.82) is 0 Å². The van der Waals surface area contributed by atoms with Gasteiger partial charge in [0, 0.05) is 5.56 Å². The Hall–Kier alpha value is -2.37. The molecule has 0 aliphatic rings. The van der Waals surface area contributed by atoms with Crippen LogP contribution in [0, 0.1) is 0 Å². The van der Waals surface area contributed by atoms with Gasteiger partial charge < -0.3 is 5.11 Å². The van der Waals surface area contributed by atoms with Crippen molar-refractivity contribution in [2.75, 3.05) is 0 Å². The van der Waals surface area contributed by atoms with Gasteiger partial charge >= 0.3 is 11.7 Å². The number of hydrogen-bond donors (Lipinski definition) is 1. The zero-order valence-corrected chi connectivity index (χ0v) is 8.16. The first-order chi connectivity index (χ1) is 7.68. The molecule has 6 nitrogen and oxygen atoms in total. The molecule has 0 bridgehead atoms. The third kappa shape index (κ3) is 1.85. The Morgan fingerprint density at radius 3 is 2.69 bits per heavy atom. The Bertz CT molecular complexity index is 556. The summed E-state index contributed by atoms with van der Waals surface area (Å²) in [5, 5.41) is 12.2. The van der Waals surface area contributed by atoms with E-state index in [0.717, 1.165) is 4.57 Å². The van der Waals surface area contributed by atoms with E-state index in [4.69, 9.17) is 5.11 Å². The minimum Gasteiger partial charge on any atom is -0.480 e. The molecule has 82 valence electrons. The number of hydrogen-bond acceptors (Lipinski definition) is 4. The molecule has 16 heavy (non-hydrogen) atoms. The maximum absolute atomic E-state index is 11.2. The van der Waals surface area contributed by atoms with Crippen molar-refractivity contribution in [3.63, 3.8) is 0 Å². The Kier molecular flexibility index (Phi) is 2.55. The zero-order valence-electron chi connectivity index (χ0n) is 8.16. The molecule has 1 N–H and O–H groups in total. The van der Waals surface area contributed by atoms with E-state index in [9.17, 15) is 9.59 Å². The fraction of sp³-hybridized carbons (Fsp3) is 0.100. The van der Waals surface area contributed by atoms with E-state index >= 15 is 0 Å². The number of nitrogens with zero attached hydrogens (tertiary/aromatic N) is 2. The van der Waals surface area contributed by atoms with Crippen LogP contribution in [0.25, 0.3) is 11.4 Å². The van der Waals surface area contributed by atoms with E-state index in [1.165, 1.54) is 0 Å². The van der Waals surface area contributed by atoms with Crippen LogP contribution in [0.1, 0.15) is 0 Å². The number of carbonyl (C=O) groups is 1. The Morgan fingerprint density at radius 1 is 1.38 bits per heavy atom. The van der Waals surface area contributed by atoms with Crippen LogP contribution in [0.2, 0.25) is 0 Å². The molecule has 1 aromatic carbocycles. The van der Waals surface area contributed by atoms with Gasteiger partial charge in [-0.05, 0) is 0 Å². The molecule has 0 aliphatic heterocycles. The Morgan fingerprint density at radius 2 is 2.06 bits per heavy atom. The molecule has 1 aromatic heterocycles. The van der Waals surface area contributed by atoms with Crippen LogP contribution in [0.15, 0.2) is 39.6 Å². The van der Waals surface area contributed by atoms with Crippen LogP contribution in [-0.4, -0.2) is 20.8 Å². The van der Waals surface area contributed by atoms with Crippen molar-refractivity contribution in [3.8, 4) is 11.4 Å². The molecule has 6 heteroatoms. The van der Waals surface area contributed by atoms with E-state index in [1.54, 1.807) is 24.3 Å². The maximum atomic E-state index is 11.2. The van der Waals surface area contributed by atoms with Crippen LogP contribution in [0.3, 0.4) is 0 Å². The van der Waals surface area contributed by atoms with Gasteiger partial charge in [0.15, 0.2) is 5.82 Å². The Balaban J connectivity index is 2.50. The average Bonchev–Trinajstić information content (AvgIpc) is 2.61. The standard InChI is InChI=1S/C10H8N2O4/c13-8(14)6-12-9(11-16-10(12)15)7-4-2-1-3-5-7/h1-5H,6H2,(H,13,14). The van der Waals surface area contributed by atoms with Crippen molar-refractivity contribution in [3.05, 3.63) is 40.9 Å². The van der Waals surface area contributed by atoms with Gasteiger partial charge in [0.05, 0.1) is 0 Å². The number of carboxylic acid groups (broad SMARTS) is 1. The van der Waals surface area contributed by atoms with Crippen molar-refractivity contribution in [2.24, 2.45) is 0 Å². The van der Waals surface area contributed by atoms with Crippen molar-refractivity contribution >= 4 is 5.97 Å². The predicted octanol–water partition coefficient (Wildman–Crippen LogP) is 0.588. The lowest BCUT2D eigenvalue weighted by Crippen LogP contribution is -2.20. The molecule has 0 amide bonds. The van der Waals surface area contributed by atoms with Gasteiger partial charge in [-0.1, -0.05) is 35.5 Å². The molecule has 0 aliphatic carbocycles. The van der Waals surface area contributed by atoms with Crippen LogP contribution in [0.5, 0.6) is 0 Å². The molecule has 0 saturated carbocycles. The lowest BCUT2D eigenvalue weighted by molar-refractivity contribution is -0.137. The fourth-order valence-corrected chi connectivity index (χ4v) is 1.34. The average molecular weight is 220 g/mol. The summed E-state index contributed by atoms with van der Waals surface area (Å²) in [4.78, 5) is 21.8. The molecule has 0 spiro atoms. The summed E-state index contributed by atoms with van der Waals surface area (Å²) < 4.78 is 5.41. The summed E-state index contributed by atoms with van der Waals surface area (Å²) in [5.41, 5.74) is 0.634. The third-order valence-electron chi connectivity index (χ3n) is 2.01. The zero-order chi connectivity index (χ0) is 11.5. The SMILES string of the molecule is O=C(O)Cn1c(-c2ccccc2)noc1=O. The van der Waals surface area contributed by atoms with Gasteiger partial charge in [0.25, 0.3) is 0 Å². The first-order valence-corrected chi connectivity index (χ1v) is 4.52. The fourth-order valence-electron chi connectivity index (χ4n) is 1.34. The molecule has 1 heterocycles. The van der Waals surface area contributed by atoms with Crippen LogP contribution < -0.4 is 5.76 Å². The molecule has 0 atom stereocenters. The maximum Gasteiger partial charge on any atom is 0.442 e. The van der Waals surface area contributed by atoms with Gasteiger partial charge in [0.2, 0.25) is 0 Å². The second kappa shape index (κ2) is 4.01. The molecule has 2 aromatic rings. The number of benzene rings is 1. The molecular formula is C10H8N2O4. The normalized spacial score (nSPS) is 10.2. The lowest BCUT2D eigenvalue weighted by atomic mass is 10.2. The first-order valence-electron chi connectivity index (χ1n) is 4.52. The number of carboxylic acids is 1. The highest BCUT2D eigenvalue weighted by Gasteiger charge is 2.14. The minimum absolute atomic E-state index is 0.216. The van der Waals surface area contributed by atoms with E-state index in [2.05, 4.69) is 9.68 Å². The predicted molar refractivity (Wildman–Crippen MR) is 53.8 cm³/mol. The van der Waals surface area contributed by atoms with E-state index in [0.29, 0.717) is 5.56 Å². The third-order valence-corrected chi connectivity index (χ3v) is 2.01. The second-order valence-corrected chi connectivity index (χ2v) is 3.12. The smallest absolute Gasteiger partial charge is 0.442 e. The Labute approximate surface area is 89.7 Å². The lowest BCUT2D eigenvalue weighted by Gasteiger charge is -2.00. The molecule has 0 unspecified atom stereocenters. The summed E-state index contributed by atoms with van der Waals surface area (Å²) in [6.45, 7) is -0.466. The summed E-state index contributed by atoms with van der Waals surface area (Å²) in [6, 6.07) is 8.77. The summed E-state index contributed by atoms with van der Waals surface area (Å²) in [5.74, 6) is -1.68. The second-order valence-electron chi connectivity index (χ2n) is 3.12. The van der Waals surface area contributed by atoms with Crippen LogP contribution in [0.4, 0.5) is 0 Å². The van der Waals surface area contributed by atoms with Crippen molar-refractivity contribution in [2.45, 2.75) is 6.54 Å². The number of aromatic nitrogens is 2. The van der Waals surface area contributed by atoms with Crippen LogP contribution in [-0.2, 0) is 11.3 Å². The molecule has 0 radical (unpaired) electrons. The summed E-state index contributed by atoms with van der Waals surface area (Å²) in [7, 11) is 0. The molecule has 0 fully saturated rings. The highest BCUT2D eigenvalue weighted by Crippen LogP contribution is 2.14. The summed E-state index contributed by atoms with van der Waals surface area (Å²) >= 11 is 0. The number of rotatable bonds is 3. The van der Waals surface area contributed by atoms with Crippen LogP contribution >= 0.6 is 0 Å². The quantitative estimate of drug-likeness (QED) is 0.818. The van der Waals surface area contributed by atoms with Crippen molar-refractivity contribution in [1.82, 2.24) is 9.72 Å². The highest BCUT2D eigenvalue weighted by molar-refractivity contribution is 5.67. The largest absolute Gasteiger partial charge is 0.480 e. The first kappa shape index (κ1) is 10.2. The monoisotopic (exact) mass is 220 g/mol. The van der Waals surface area contributed by atoms with Crippen molar-refractivity contribution < 1.29 is 14.4 Å². The van der Waals surface area contributed by atoms with E-state index in [-0.39, 0.29) is 5.82 Å². The van der Waals surface area contributed by atoms with Gasteiger partial charge in [0.1, 0.15) is 6.54 Å². The van der Waals surface area contributed by atoms with Gasteiger partial charge in [-0.3, -0.25) is 9.32 Å². The highest BCUT2D eigenvalue weighted by atomic mass is 16.5. The molecule has 2 rings (SSSR count). The van der Waals surface area contributed by atoms with Gasteiger partial charge in [-0.25, -0.2) is 9.36 Å². The number of aliphatic carboxylic acids is 1. The van der Waals surface area contributed by atoms with E-state index in [1.807, 2.05) is 6.07 Å². The van der Waals surface area contributed by atoms with E-state index < -0.39 is 18.3 Å². The molecular weight excluding hydrogens is 212 g/mol. The van der Waals surface area contributed by atoms with Gasteiger partial charge in [-0.15, -0.1) is 0 Å². The topological polar surface area (TPSA) is 85.3 Å². The summed E-state index contributed by atoms with van der Waals surface area (Å²) in [6.07, 6.45) is 0.